The highest BCUT2D eigenvalue weighted by atomic mass is 32.1. The van der Waals surface area contributed by atoms with Crippen LogP contribution in [0.25, 0.3) is 22.0 Å². The zero-order valence-corrected chi connectivity index (χ0v) is 20.2. The lowest BCUT2D eigenvalue weighted by Gasteiger charge is -2.22. The van der Waals surface area contributed by atoms with Crippen LogP contribution in [0.3, 0.4) is 0 Å². The van der Waals surface area contributed by atoms with Crippen LogP contribution in [-0.4, -0.2) is 46.3 Å². The van der Waals surface area contributed by atoms with Crippen LogP contribution in [0.5, 0.6) is 0 Å². The standard InChI is InChI=1S/C26H27N5O3S/c1-2-22(30-25(32)16-3-4-23-19(9-16)14-28-31-23)18-10-17(12-27-13-18)20-11-24(35-15-20)26(33)29-21-5-7-34-8-6-21/h3-4,9-15,21-22H,2,5-8H2,1H3,(H,28,31)(H,29,33)(H,30,32). The second-order valence-electron chi connectivity index (χ2n) is 8.67. The third-order valence-corrected chi connectivity index (χ3v) is 7.22. The largest absolute Gasteiger partial charge is 0.381 e. The van der Waals surface area contributed by atoms with Crippen molar-refractivity contribution in [2.24, 2.45) is 0 Å². The second-order valence-corrected chi connectivity index (χ2v) is 9.58. The maximum absolute atomic E-state index is 12.9. The molecule has 0 spiro atoms. The molecule has 1 atom stereocenters. The number of fused-ring (bicyclic) bond motifs is 1. The van der Waals surface area contributed by atoms with Gasteiger partial charge in [-0.2, -0.15) is 5.10 Å². The number of ether oxygens (including phenoxy) is 1. The zero-order chi connectivity index (χ0) is 24.2. The van der Waals surface area contributed by atoms with Crippen LogP contribution in [0.4, 0.5) is 0 Å². The molecule has 0 bridgehead atoms. The monoisotopic (exact) mass is 489 g/mol. The van der Waals surface area contributed by atoms with Crippen molar-refractivity contribution in [3.8, 4) is 11.1 Å². The molecule has 1 aromatic carbocycles. The fraction of sp³-hybridized carbons (Fsp3) is 0.308. The molecule has 1 unspecified atom stereocenters. The number of hydrogen-bond donors (Lipinski definition) is 3. The van der Waals surface area contributed by atoms with Gasteiger partial charge in [0.25, 0.3) is 11.8 Å². The maximum Gasteiger partial charge on any atom is 0.261 e. The van der Waals surface area contributed by atoms with Gasteiger partial charge in [-0.3, -0.25) is 19.7 Å². The van der Waals surface area contributed by atoms with E-state index in [1.165, 1.54) is 11.3 Å². The Morgan fingerprint density at radius 3 is 2.80 bits per heavy atom. The van der Waals surface area contributed by atoms with Crippen molar-refractivity contribution in [1.82, 2.24) is 25.8 Å². The smallest absolute Gasteiger partial charge is 0.261 e. The molecule has 2 amide bonds. The van der Waals surface area contributed by atoms with Gasteiger partial charge < -0.3 is 15.4 Å². The van der Waals surface area contributed by atoms with E-state index in [4.69, 9.17) is 4.74 Å². The van der Waals surface area contributed by atoms with E-state index in [1.807, 2.05) is 36.6 Å². The van der Waals surface area contributed by atoms with Crippen molar-refractivity contribution in [2.45, 2.75) is 38.3 Å². The minimum absolute atomic E-state index is 0.0504. The number of aromatic nitrogens is 3. The Kier molecular flexibility index (Phi) is 6.87. The number of benzene rings is 1. The van der Waals surface area contributed by atoms with Crippen LogP contribution >= 0.6 is 11.3 Å². The van der Waals surface area contributed by atoms with Gasteiger partial charge >= 0.3 is 0 Å². The lowest BCUT2D eigenvalue weighted by molar-refractivity contribution is 0.0698. The Balaban J connectivity index is 1.29. The van der Waals surface area contributed by atoms with E-state index in [1.54, 1.807) is 24.7 Å². The predicted molar refractivity (Wildman–Crippen MR) is 135 cm³/mol. The molecule has 4 heterocycles. The number of pyridine rings is 1. The maximum atomic E-state index is 12.9. The van der Waals surface area contributed by atoms with E-state index in [-0.39, 0.29) is 23.9 Å². The Morgan fingerprint density at radius 2 is 1.97 bits per heavy atom. The number of nitrogens with zero attached hydrogens (tertiary/aromatic N) is 2. The first-order valence-corrected chi connectivity index (χ1v) is 12.6. The van der Waals surface area contributed by atoms with Crippen molar-refractivity contribution in [2.75, 3.05) is 13.2 Å². The van der Waals surface area contributed by atoms with Gasteiger partial charge in [0.15, 0.2) is 0 Å². The normalized spacial score (nSPS) is 15.1. The molecule has 3 N–H and O–H groups in total. The molecule has 8 nitrogen and oxygen atoms in total. The molecular formula is C26H27N5O3S. The Hall–Kier alpha value is -3.56. The van der Waals surface area contributed by atoms with E-state index in [0.717, 1.165) is 40.4 Å². The van der Waals surface area contributed by atoms with Crippen molar-refractivity contribution >= 4 is 34.1 Å². The van der Waals surface area contributed by atoms with Crippen molar-refractivity contribution < 1.29 is 14.3 Å². The van der Waals surface area contributed by atoms with E-state index in [9.17, 15) is 9.59 Å². The quantitative estimate of drug-likeness (QED) is 0.355. The molecule has 0 saturated carbocycles. The molecule has 4 aromatic rings. The first-order chi connectivity index (χ1) is 17.1. The van der Waals surface area contributed by atoms with Crippen molar-refractivity contribution in [1.29, 1.82) is 0 Å². The molecular weight excluding hydrogens is 462 g/mol. The first-order valence-electron chi connectivity index (χ1n) is 11.8. The van der Waals surface area contributed by atoms with Gasteiger partial charge in [-0.25, -0.2) is 0 Å². The molecule has 1 fully saturated rings. The van der Waals surface area contributed by atoms with Gasteiger partial charge in [-0.1, -0.05) is 6.92 Å². The first kappa shape index (κ1) is 23.2. The molecule has 0 radical (unpaired) electrons. The highest BCUT2D eigenvalue weighted by molar-refractivity contribution is 7.12. The van der Waals surface area contributed by atoms with Gasteiger partial charge in [0, 0.05) is 48.2 Å². The molecule has 1 aliphatic rings. The van der Waals surface area contributed by atoms with Crippen LogP contribution in [0.1, 0.15) is 57.8 Å². The topological polar surface area (TPSA) is 109 Å². The fourth-order valence-electron chi connectivity index (χ4n) is 4.26. The van der Waals surface area contributed by atoms with Crippen LogP contribution in [-0.2, 0) is 4.74 Å². The highest BCUT2D eigenvalue weighted by Crippen LogP contribution is 2.28. The molecule has 3 aromatic heterocycles. The van der Waals surface area contributed by atoms with Gasteiger partial charge in [-0.15, -0.1) is 11.3 Å². The lowest BCUT2D eigenvalue weighted by atomic mass is 10.0. The lowest BCUT2D eigenvalue weighted by Crippen LogP contribution is -2.38. The van der Waals surface area contributed by atoms with Gasteiger partial charge in [0.05, 0.1) is 22.6 Å². The number of thiophene rings is 1. The number of hydrogen-bond acceptors (Lipinski definition) is 6. The van der Waals surface area contributed by atoms with Crippen molar-refractivity contribution in [3.63, 3.8) is 0 Å². The van der Waals surface area contributed by atoms with E-state index < -0.39 is 0 Å². The zero-order valence-electron chi connectivity index (χ0n) is 19.4. The third-order valence-electron chi connectivity index (χ3n) is 6.29. The number of amides is 2. The summed E-state index contributed by atoms with van der Waals surface area (Å²) in [4.78, 5) is 30.7. The highest BCUT2D eigenvalue weighted by Gasteiger charge is 2.19. The number of nitrogens with one attached hydrogen (secondary N) is 3. The van der Waals surface area contributed by atoms with Crippen molar-refractivity contribution in [3.05, 3.63) is 70.3 Å². The number of aromatic amines is 1. The molecule has 0 aliphatic carbocycles. The summed E-state index contributed by atoms with van der Waals surface area (Å²) >= 11 is 1.42. The van der Waals surface area contributed by atoms with E-state index >= 15 is 0 Å². The van der Waals surface area contributed by atoms with Gasteiger partial charge in [0.1, 0.15) is 0 Å². The average molecular weight is 490 g/mol. The summed E-state index contributed by atoms with van der Waals surface area (Å²) in [7, 11) is 0. The Labute approximate surface area is 207 Å². The third kappa shape index (κ3) is 5.26. The summed E-state index contributed by atoms with van der Waals surface area (Å²) in [6.07, 6.45) is 7.67. The van der Waals surface area contributed by atoms with Crippen LogP contribution in [0.2, 0.25) is 0 Å². The fourth-order valence-corrected chi connectivity index (χ4v) is 5.08. The summed E-state index contributed by atoms with van der Waals surface area (Å²) in [5, 5.41) is 16.0. The molecule has 9 heteroatoms. The van der Waals surface area contributed by atoms with E-state index in [0.29, 0.717) is 30.1 Å². The summed E-state index contributed by atoms with van der Waals surface area (Å²) in [6.45, 7) is 3.40. The average Bonchev–Trinajstić information content (AvgIpc) is 3.57. The number of rotatable bonds is 7. The summed E-state index contributed by atoms with van der Waals surface area (Å²) in [6, 6.07) is 9.37. The summed E-state index contributed by atoms with van der Waals surface area (Å²) in [5.41, 5.74) is 4.24. The predicted octanol–water partition coefficient (Wildman–Crippen LogP) is 4.48. The summed E-state index contributed by atoms with van der Waals surface area (Å²) < 4.78 is 5.37. The number of carbonyl (C=O) groups excluding carboxylic acids is 2. The molecule has 1 saturated heterocycles. The molecule has 180 valence electrons. The molecule has 5 rings (SSSR count). The molecule has 35 heavy (non-hydrogen) atoms. The second kappa shape index (κ2) is 10.4. The minimum atomic E-state index is -0.190. The number of carbonyl (C=O) groups is 2. The van der Waals surface area contributed by atoms with Gasteiger partial charge in [0.2, 0.25) is 0 Å². The van der Waals surface area contributed by atoms with Crippen LogP contribution in [0, 0.1) is 0 Å². The minimum Gasteiger partial charge on any atom is -0.381 e. The Morgan fingerprint density at radius 1 is 1.11 bits per heavy atom. The SMILES string of the molecule is CCC(NC(=O)c1ccc2[nH]ncc2c1)c1cncc(-c2csc(C(=O)NC3CCOCC3)c2)c1. The van der Waals surface area contributed by atoms with Crippen LogP contribution < -0.4 is 10.6 Å². The number of H-pyrrole nitrogens is 1. The van der Waals surface area contributed by atoms with Crippen LogP contribution in [0.15, 0.2) is 54.3 Å². The molecule has 1 aliphatic heterocycles. The summed E-state index contributed by atoms with van der Waals surface area (Å²) in [5.74, 6) is -0.196. The van der Waals surface area contributed by atoms with E-state index in [2.05, 4.69) is 25.8 Å². The Bertz CT molecular complexity index is 1340. The van der Waals surface area contributed by atoms with Gasteiger partial charge in [-0.05, 0) is 66.1 Å².